The van der Waals surface area contributed by atoms with Crippen LogP contribution in [0.15, 0.2) is 0 Å². The van der Waals surface area contributed by atoms with E-state index in [1.807, 2.05) is 20.4 Å². The smallest absolute Gasteiger partial charge is 0.326 e. The Bertz CT molecular complexity index is 346. The predicted octanol–water partition coefficient (Wildman–Crippen LogP) is 0.976. The highest BCUT2D eigenvalue weighted by Gasteiger charge is 2.39. The molecular weight excluding hydrogens is 278 g/mol. The lowest BCUT2D eigenvalue weighted by Gasteiger charge is -2.47. The van der Waals surface area contributed by atoms with Crippen LogP contribution in [0.25, 0.3) is 0 Å². The summed E-state index contributed by atoms with van der Waals surface area (Å²) in [4.78, 5) is 25.0. The Kier molecular flexibility index (Phi) is 6.61. The molecule has 1 aliphatic rings. The molecule has 116 valence electrons. The van der Waals surface area contributed by atoms with E-state index in [0.717, 1.165) is 12.8 Å². The van der Waals surface area contributed by atoms with Crippen LogP contribution in [-0.2, 0) is 4.79 Å². The van der Waals surface area contributed by atoms with Crippen LogP contribution in [0.4, 0.5) is 4.79 Å². The van der Waals surface area contributed by atoms with Gasteiger partial charge in [0.2, 0.25) is 0 Å². The molecule has 7 heteroatoms. The number of nitrogens with one attached hydrogen (secondary N) is 2. The predicted molar refractivity (Wildman–Crippen MR) is 81.2 cm³/mol. The molecule has 0 aromatic carbocycles. The van der Waals surface area contributed by atoms with E-state index in [4.69, 9.17) is 5.11 Å². The summed E-state index contributed by atoms with van der Waals surface area (Å²) >= 11 is 1.57. The van der Waals surface area contributed by atoms with E-state index >= 15 is 0 Å². The fourth-order valence-corrected chi connectivity index (χ4v) is 2.79. The molecule has 1 aliphatic carbocycles. The number of hydrogen-bond donors (Lipinski definition) is 3. The standard InChI is InChI=1S/C13H25N3O3S/c1-16(2)13(6-4-7-13)9-14-12(19)15-10(11(17)18)5-8-20-3/h10H,4-9H2,1-3H3,(H,17,18)(H2,14,15,19)/t10-/m1/s1. The maximum atomic E-state index is 11.8. The van der Waals surface area contributed by atoms with Crippen molar-refractivity contribution in [3.05, 3.63) is 0 Å². The number of amides is 2. The average molecular weight is 303 g/mol. The zero-order valence-electron chi connectivity index (χ0n) is 12.4. The Morgan fingerprint density at radius 1 is 1.40 bits per heavy atom. The van der Waals surface area contributed by atoms with E-state index in [2.05, 4.69) is 15.5 Å². The van der Waals surface area contributed by atoms with Gasteiger partial charge in [0.1, 0.15) is 6.04 Å². The second kappa shape index (κ2) is 7.73. The minimum absolute atomic E-state index is 0.0370. The van der Waals surface area contributed by atoms with Crippen molar-refractivity contribution in [1.29, 1.82) is 0 Å². The monoisotopic (exact) mass is 303 g/mol. The number of urea groups is 1. The largest absolute Gasteiger partial charge is 0.480 e. The van der Waals surface area contributed by atoms with Crippen LogP contribution >= 0.6 is 11.8 Å². The first-order valence-electron chi connectivity index (χ1n) is 6.85. The van der Waals surface area contributed by atoms with Crippen molar-refractivity contribution in [2.45, 2.75) is 37.3 Å². The Labute approximate surface area is 124 Å². The normalized spacial score (nSPS) is 18.2. The minimum atomic E-state index is -0.986. The lowest BCUT2D eigenvalue weighted by atomic mass is 9.75. The highest BCUT2D eigenvalue weighted by atomic mass is 32.2. The summed E-state index contributed by atoms with van der Waals surface area (Å²) in [7, 11) is 4.02. The SMILES string of the molecule is CSCC[C@@H](NC(=O)NCC1(N(C)C)CCC1)C(=O)O. The third-order valence-corrected chi connectivity index (χ3v) is 4.67. The number of thioether (sulfide) groups is 1. The molecule has 0 saturated heterocycles. The molecule has 0 bridgehead atoms. The van der Waals surface area contributed by atoms with Crippen molar-refractivity contribution in [2.75, 3.05) is 32.6 Å². The van der Waals surface area contributed by atoms with Gasteiger partial charge in [-0.3, -0.25) is 0 Å². The molecule has 0 unspecified atom stereocenters. The number of nitrogens with zero attached hydrogens (tertiary/aromatic N) is 1. The zero-order valence-corrected chi connectivity index (χ0v) is 13.3. The van der Waals surface area contributed by atoms with Crippen molar-refractivity contribution in [1.82, 2.24) is 15.5 Å². The fraction of sp³-hybridized carbons (Fsp3) is 0.846. The molecule has 1 atom stereocenters. The molecule has 2 amide bonds. The number of aliphatic carboxylic acids is 1. The van der Waals surface area contributed by atoms with Crippen molar-refractivity contribution in [3.63, 3.8) is 0 Å². The molecular formula is C13H25N3O3S. The van der Waals surface area contributed by atoms with Gasteiger partial charge in [-0.25, -0.2) is 9.59 Å². The summed E-state index contributed by atoms with van der Waals surface area (Å²) in [5.41, 5.74) is 0.0370. The molecule has 3 N–H and O–H groups in total. The molecule has 0 heterocycles. The molecule has 0 spiro atoms. The lowest BCUT2D eigenvalue weighted by Crippen LogP contribution is -2.59. The van der Waals surface area contributed by atoms with Crippen LogP contribution < -0.4 is 10.6 Å². The Morgan fingerprint density at radius 3 is 2.45 bits per heavy atom. The molecule has 20 heavy (non-hydrogen) atoms. The second-order valence-electron chi connectivity index (χ2n) is 5.47. The van der Waals surface area contributed by atoms with Crippen molar-refractivity contribution < 1.29 is 14.7 Å². The maximum absolute atomic E-state index is 11.8. The van der Waals surface area contributed by atoms with Gasteiger partial charge in [-0.1, -0.05) is 0 Å². The summed E-state index contributed by atoms with van der Waals surface area (Å²) < 4.78 is 0. The Hall–Kier alpha value is -0.950. The van der Waals surface area contributed by atoms with Gasteiger partial charge in [-0.05, 0) is 51.8 Å². The Balaban J connectivity index is 2.39. The van der Waals surface area contributed by atoms with Crippen LogP contribution in [0.3, 0.4) is 0 Å². The van der Waals surface area contributed by atoms with E-state index in [9.17, 15) is 9.59 Å². The van der Waals surface area contributed by atoms with E-state index in [-0.39, 0.29) is 5.54 Å². The van der Waals surface area contributed by atoms with E-state index in [1.165, 1.54) is 6.42 Å². The summed E-state index contributed by atoms with van der Waals surface area (Å²) in [6.07, 6.45) is 5.65. The highest BCUT2D eigenvalue weighted by molar-refractivity contribution is 7.98. The van der Waals surface area contributed by atoms with Crippen LogP contribution in [-0.4, -0.2) is 66.2 Å². The topological polar surface area (TPSA) is 81.7 Å². The molecule has 0 aliphatic heterocycles. The third-order valence-electron chi connectivity index (χ3n) is 4.03. The zero-order chi connectivity index (χ0) is 15.2. The molecule has 0 radical (unpaired) electrons. The highest BCUT2D eigenvalue weighted by Crippen LogP contribution is 2.35. The molecule has 6 nitrogen and oxygen atoms in total. The van der Waals surface area contributed by atoms with Gasteiger partial charge in [0.15, 0.2) is 0 Å². The van der Waals surface area contributed by atoms with Gasteiger partial charge < -0.3 is 20.6 Å². The van der Waals surface area contributed by atoms with E-state index in [1.54, 1.807) is 11.8 Å². The van der Waals surface area contributed by atoms with Crippen LogP contribution in [0, 0.1) is 0 Å². The number of rotatable bonds is 8. The summed E-state index contributed by atoms with van der Waals surface area (Å²) in [6.45, 7) is 0.556. The average Bonchev–Trinajstić information content (AvgIpc) is 2.32. The molecule has 1 rings (SSSR count). The van der Waals surface area contributed by atoms with Crippen LogP contribution in [0.1, 0.15) is 25.7 Å². The molecule has 1 saturated carbocycles. The molecule has 0 aromatic heterocycles. The van der Waals surface area contributed by atoms with Crippen LogP contribution in [0.2, 0.25) is 0 Å². The van der Waals surface area contributed by atoms with Crippen molar-refractivity contribution in [2.24, 2.45) is 0 Å². The van der Waals surface area contributed by atoms with Crippen molar-refractivity contribution in [3.8, 4) is 0 Å². The number of carboxylic acids is 1. The minimum Gasteiger partial charge on any atom is -0.480 e. The van der Waals surface area contributed by atoms with E-state index < -0.39 is 18.0 Å². The number of carbonyl (C=O) groups excluding carboxylic acids is 1. The second-order valence-corrected chi connectivity index (χ2v) is 6.46. The lowest BCUT2D eigenvalue weighted by molar-refractivity contribution is -0.139. The Morgan fingerprint density at radius 2 is 2.05 bits per heavy atom. The van der Waals surface area contributed by atoms with Gasteiger partial charge in [-0.2, -0.15) is 11.8 Å². The third kappa shape index (κ3) is 4.56. The van der Waals surface area contributed by atoms with E-state index in [0.29, 0.717) is 18.7 Å². The van der Waals surface area contributed by atoms with Gasteiger partial charge in [0.25, 0.3) is 0 Å². The molecule has 0 aromatic rings. The summed E-state index contributed by atoms with van der Waals surface area (Å²) in [5, 5.41) is 14.4. The van der Waals surface area contributed by atoms with Gasteiger partial charge in [-0.15, -0.1) is 0 Å². The number of carboxylic acid groups (broad SMARTS) is 1. The number of hydrogen-bond acceptors (Lipinski definition) is 4. The quantitative estimate of drug-likeness (QED) is 0.622. The maximum Gasteiger partial charge on any atom is 0.326 e. The fourth-order valence-electron chi connectivity index (χ4n) is 2.31. The van der Waals surface area contributed by atoms with Crippen molar-refractivity contribution >= 4 is 23.8 Å². The number of carbonyl (C=O) groups is 2. The van der Waals surface area contributed by atoms with Gasteiger partial charge >= 0.3 is 12.0 Å². The summed E-state index contributed by atoms with van der Waals surface area (Å²) in [6, 6.07) is -1.22. The van der Waals surface area contributed by atoms with Gasteiger partial charge in [0.05, 0.1) is 0 Å². The first kappa shape index (κ1) is 17.1. The first-order valence-corrected chi connectivity index (χ1v) is 8.24. The number of likely N-dealkylation sites (N-methyl/N-ethyl adjacent to an activating group) is 1. The van der Waals surface area contributed by atoms with Gasteiger partial charge in [0, 0.05) is 12.1 Å². The summed E-state index contributed by atoms with van der Waals surface area (Å²) in [5.74, 6) is -0.279. The molecule has 1 fully saturated rings. The first-order chi connectivity index (χ1) is 9.41. The van der Waals surface area contributed by atoms with Crippen LogP contribution in [0.5, 0.6) is 0 Å².